The lowest BCUT2D eigenvalue weighted by molar-refractivity contribution is -0.172. The summed E-state index contributed by atoms with van der Waals surface area (Å²) in [5.74, 6) is -1.74. The van der Waals surface area contributed by atoms with Gasteiger partial charge in [-0.05, 0) is 24.5 Å². The summed E-state index contributed by atoms with van der Waals surface area (Å²) in [6.07, 6.45) is 0.0306. The highest BCUT2D eigenvalue weighted by atomic mass is 16.5. The number of carboxylic acid groups (broad SMARTS) is 1. The Labute approximate surface area is 124 Å². The van der Waals surface area contributed by atoms with E-state index in [4.69, 9.17) is 9.47 Å². The molecular formula is C16H22O5. The summed E-state index contributed by atoms with van der Waals surface area (Å²) in [6, 6.07) is 7.09. The first-order valence-electron chi connectivity index (χ1n) is 6.92. The van der Waals surface area contributed by atoms with Crippen molar-refractivity contribution in [1.29, 1.82) is 0 Å². The molecule has 0 aliphatic carbocycles. The van der Waals surface area contributed by atoms with Crippen LogP contribution in [0.4, 0.5) is 0 Å². The third kappa shape index (κ3) is 3.35. The average Bonchev–Trinajstić information content (AvgIpc) is 2.44. The van der Waals surface area contributed by atoms with Crippen LogP contribution in [0.1, 0.15) is 26.3 Å². The van der Waals surface area contributed by atoms with Crippen molar-refractivity contribution < 1.29 is 24.2 Å². The number of ether oxygens (including phenoxy) is 2. The molecule has 0 fully saturated rings. The normalized spacial score (nSPS) is 13.6. The van der Waals surface area contributed by atoms with Gasteiger partial charge < -0.3 is 14.6 Å². The number of carboxylic acids is 1. The molecule has 21 heavy (non-hydrogen) atoms. The van der Waals surface area contributed by atoms with E-state index in [-0.39, 0.29) is 13.0 Å². The minimum absolute atomic E-state index is 0.0306. The van der Waals surface area contributed by atoms with Crippen molar-refractivity contribution in [2.75, 3.05) is 13.7 Å². The fourth-order valence-corrected chi connectivity index (χ4v) is 2.33. The Hall–Kier alpha value is -2.04. The SMILES string of the molecule is CCOC(=O)C(Cc1ccccc1OC)(C(=O)O)C(C)C. The fraction of sp³-hybridized carbons (Fsp3) is 0.500. The minimum Gasteiger partial charge on any atom is -0.496 e. The number of para-hydroxylation sites is 1. The Balaban J connectivity index is 3.30. The summed E-state index contributed by atoms with van der Waals surface area (Å²) < 4.78 is 10.3. The van der Waals surface area contributed by atoms with Gasteiger partial charge in [-0.25, -0.2) is 0 Å². The molecule has 1 atom stereocenters. The molecule has 0 aliphatic rings. The predicted octanol–water partition coefficient (Wildman–Crippen LogP) is 2.53. The van der Waals surface area contributed by atoms with Crippen molar-refractivity contribution in [2.24, 2.45) is 11.3 Å². The summed E-state index contributed by atoms with van der Waals surface area (Å²) in [5.41, 5.74) is -0.950. The molecule has 1 unspecified atom stereocenters. The van der Waals surface area contributed by atoms with Gasteiger partial charge in [0.05, 0.1) is 13.7 Å². The van der Waals surface area contributed by atoms with E-state index in [9.17, 15) is 14.7 Å². The second-order valence-corrected chi connectivity index (χ2v) is 5.14. The predicted molar refractivity (Wildman–Crippen MR) is 78.2 cm³/mol. The van der Waals surface area contributed by atoms with E-state index in [1.165, 1.54) is 7.11 Å². The van der Waals surface area contributed by atoms with Crippen molar-refractivity contribution in [3.05, 3.63) is 29.8 Å². The summed E-state index contributed by atoms with van der Waals surface area (Å²) in [6.45, 7) is 5.22. The molecule has 0 aromatic heterocycles. The molecule has 0 saturated heterocycles. The molecule has 1 aromatic rings. The molecule has 1 rings (SSSR count). The number of aliphatic carboxylic acids is 1. The summed E-state index contributed by atoms with van der Waals surface area (Å²) in [7, 11) is 1.51. The number of hydrogen-bond donors (Lipinski definition) is 1. The quantitative estimate of drug-likeness (QED) is 0.618. The van der Waals surface area contributed by atoms with Crippen molar-refractivity contribution in [3.63, 3.8) is 0 Å². The Bertz CT molecular complexity index is 509. The number of hydrogen-bond acceptors (Lipinski definition) is 4. The largest absolute Gasteiger partial charge is 0.496 e. The second kappa shape index (κ2) is 7.11. The van der Waals surface area contributed by atoms with Gasteiger partial charge in [-0.3, -0.25) is 9.59 Å². The van der Waals surface area contributed by atoms with Gasteiger partial charge in [-0.15, -0.1) is 0 Å². The van der Waals surface area contributed by atoms with Gasteiger partial charge in [-0.1, -0.05) is 32.0 Å². The zero-order chi connectivity index (χ0) is 16.0. The Kier molecular flexibility index (Phi) is 5.76. The molecule has 0 spiro atoms. The number of benzene rings is 1. The summed E-state index contributed by atoms with van der Waals surface area (Å²) >= 11 is 0. The molecule has 0 bridgehead atoms. The van der Waals surface area contributed by atoms with Gasteiger partial charge in [0.15, 0.2) is 5.41 Å². The maximum absolute atomic E-state index is 12.3. The van der Waals surface area contributed by atoms with Crippen LogP contribution in [-0.4, -0.2) is 30.8 Å². The average molecular weight is 294 g/mol. The molecule has 0 radical (unpaired) electrons. The smallest absolute Gasteiger partial charge is 0.324 e. The van der Waals surface area contributed by atoms with Crippen LogP contribution < -0.4 is 4.74 Å². The molecule has 5 nitrogen and oxygen atoms in total. The van der Waals surface area contributed by atoms with E-state index >= 15 is 0 Å². The van der Waals surface area contributed by atoms with Gasteiger partial charge in [0, 0.05) is 6.42 Å². The Morgan fingerprint density at radius 2 is 1.90 bits per heavy atom. The monoisotopic (exact) mass is 294 g/mol. The lowest BCUT2D eigenvalue weighted by Gasteiger charge is -2.31. The van der Waals surface area contributed by atoms with Crippen molar-refractivity contribution in [3.8, 4) is 5.75 Å². The fourth-order valence-electron chi connectivity index (χ4n) is 2.33. The van der Waals surface area contributed by atoms with Crippen LogP contribution >= 0.6 is 0 Å². The minimum atomic E-state index is -1.62. The van der Waals surface area contributed by atoms with E-state index in [2.05, 4.69) is 0 Å². The van der Waals surface area contributed by atoms with E-state index in [1.54, 1.807) is 45.0 Å². The van der Waals surface area contributed by atoms with E-state index < -0.39 is 23.3 Å². The maximum atomic E-state index is 12.3. The van der Waals surface area contributed by atoms with Crippen LogP contribution in [0.2, 0.25) is 0 Å². The van der Waals surface area contributed by atoms with Gasteiger partial charge in [-0.2, -0.15) is 0 Å². The molecule has 5 heteroatoms. The third-order valence-corrected chi connectivity index (χ3v) is 3.67. The molecule has 0 saturated carbocycles. The lowest BCUT2D eigenvalue weighted by Crippen LogP contribution is -2.47. The number of carbonyl (C=O) groups excluding carboxylic acids is 1. The lowest BCUT2D eigenvalue weighted by atomic mass is 9.72. The van der Waals surface area contributed by atoms with E-state index in [1.807, 2.05) is 0 Å². The number of carbonyl (C=O) groups is 2. The Morgan fingerprint density at radius 3 is 2.38 bits per heavy atom. The third-order valence-electron chi connectivity index (χ3n) is 3.67. The maximum Gasteiger partial charge on any atom is 0.324 e. The van der Waals surface area contributed by atoms with Crippen molar-refractivity contribution >= 4 is 11.9 Å². The zero-order valence-corrected chi connectivity index (χ0v) is 12.9. The van der Waals surface area contributed by atoms with Crippen LogP contribution in [0.5, 0.6) is 5.75 Å². The van der Waals surface area contributed by atoms with Crippen LogP contribution in [0, 0.1) is 11.3 Å². The standard InChI is InChI=1S/C16H22O5/c1-5-21-15(19)16(11(2)3,14(17)18)10-12-8-6-7-9-13(12)20-4/h6-9,11H,5,10H2,1-4H3,(H,17,18). The van der Waals surface area contributed by atoms with Gasteiger partial charge >= 0.3 is 11.9 Å². The highest BCUT2D eigenvalue weighted by molar-refractivity contribution is 5.99. The Morgan fingerprint density at radius 1 is 1.29 bits per heavy atom. The van der Waals surface area contributed by atoms with Crippen molar-refractivity contribution in [2.45, 2.75) is 27.2 Å². The van der Waals surface area contributed by atoms with Gasteiger partial charge in [0.1, 0.15) is 5.75 Å². The zero-order valence-electron chi connectivity index (χ0n) is 12.9. The molecule has 0 aliphatic heterocycles. The van der Waals surface area contributed by atoms with Crippen LogP contribution in [0.15, 0.2) is 24.3 Å². The van der Waals surface area contributed by atoms with Crippen LogP contribution in [0.3, 0.4) is 0 Å². The first-order valence-corrected chi connectivity index (χ1v) is 6.92. The van der Waals surface area contributed by atoms with Gasteiger partial charge in [0.25, 0.3) is 0 Å². The highest BCUT2D eigenvalue weighted by Crippen LogP contribution is 2.36. The first-order chi connectivity index (χ1) is 9.90. The summed E-state index contributed by atoms with van der Waals surface area (Å²) in [4.78, 5) is 24.1. The molecule has 1 N–H and O–H groups in total. The number of methoxy groups -OCH3 is 1. The molecule has 116 valence electrons. The highest BCUT2D eigenvalue weighted by Gasteiger charge is 2.50. The molecule has 0 heterocycles. The molecular weight excluding hydrogens is 272 g/mol. The first kappa shape index (κ1) is 17.0. The van der Waals surface area contributed by atoms with Crippen LogP contribution in [0.25, 0.3) is 0 Å². The topological polar surface area (TPSA) is 72.8 Å². The summed E-state index contributed by atoms with van der Waals surface area (Å²) in [5, 5.41) is 9.67. The van der Waals surface area contributed by atoms with Crippen LogP contribution in [-0.2, 0) is 20.7 Å². The number of rotatable bonds is 7. The van der Waals surface area contributed by atoms with E-state index in [0.717, 1.165) is 0 Å². The second-order valence-electron chi connectivity index (χ2n) is 5.14. The van der Waals surface area contributed by atoms with Gasteiger partial charge in [0.2, 0.25) is 0 Å². The van der Waals surface area contributed by atoms with Crippen molar-refractivity contribution in [1.82, 2.24) is 0 Å². The molecule has 0 amide bonds. The molecule has 1 aromatic carbocycles. The number of esters is 1. The van der Waals surface area contributed by atoms with E-state index in [0.29, 0.717) is 11.3 Å².